The number of fused-ring (bicyclic) bond motifs is 3. The van der Waals surface area contributed by atoms with E-state index in [4.69, 9.17) is 11.6 Å². The summed E-state index contributed by atoms with van der Waals surface area (Å²) in [7, 11) is 1.61. The molecule has 31 heavy (non-hydrogen) atoms. The summed E-state index contributed by atoms with van der Waals surface area (Å²) in [6.45, 7) is 7.48. The van der Waals surface area contributed by atoms with Gasteiger partial charge in [0.25, 0.3) is 5.56 Å². The van der Waals surface area contributed by atoms with E-state index in [1.165, 1.54) is 4.57 Å². The second-order valence-electron chi connectivity index (χ2n) is 8.00. The Labute approximate surface area is 183 Å². The maximum absolute atomic E-state index is 12.4. The van der Waals surface area contributed by atoms with E-state index in [0.717, 1.165) is 55.7 Å². The molecule has 9 nitrogen and oxygen atoms in total. The van der Waals surface area contributed by atoms with Crippen molar-refractivity contribution in [2.75, 3.05) is 37.6 Å². The minimum absolute atomic E-state index is 0.396. The summed E-state index contributed by atoms with van der Waals surface area (Å²) in [5.74, 6) is 0.678. The van der Waals surface area contributed by atoms with Crippen LogP contribution in [0.2, 0.25) is 5.02 Å². The highest BCUT2D eigenvalue weighted by molar-refractivity contribution is 6.30. The highest BCUT2D eigenvalue weighted by Gasteiger charge is 2.20. The Balaban J connectivity index is 1.34. The molecule has 162 valence electrons. The van der Waals surface area contributed by atoms with Gasteiger partial charge in [0.1, 0.15) is 0 Å². The SMILES string of the molecule is Cc1cn2c3c(=O)[nH]c(=O)n(C)c3nc2n1CCN1CCN(c2cccc(Cl)c2)CC1. The van der Waals surface area contributed by atoms with Gasteiger partial charge in [-0.3, -0.25) is 23.6 Å². The summed E-state index contributed by atoms with van der Waals surface area (Å²) in [5, 5.41) is 0.760. The summed E-state index contributed by atoms with van der Waals surface area (Å²) in [4.78, 5) is 36.0. The highest BCUT2D eigenvalue weighted by atomic mass is 35.5. The van der Waals surface area contributed by atoms with Crippen molar-refractivity contribution in [3.8, 4) is 0 Å². The standard InChI is InChI=1S/C21H24ClN7O2/c1-14-13-29-17-18(25(2)21(31)24-19(17)30)23-20(29)28(14)11-8-26-6-9-27(10-7-26)16-5-3-4-15(22)12-16/h3-5,12-13H,6-11H2,1-2H3,(H,24,30,31). The molecule has 5 rings (SSSR count). The summed E-state index contributed by atoms with van der Waals surface area (Å²) in [5.41, 5.74) is 2.10. The molecule has 4 aromatic rings. The molecule has 1 aromatic carbocycles. The van der Waals surface area contributed by atoms with Gasteiger partial charge in [0, 0.05) is 68.9 Å². The number of H-pyrrole nitrogens is 1. The van der Waals surface area contributed by atoms with Crippen molar-refractivity contribution in [2.24, 2.45) is 7.05 Å². The van der Waals surface area contributed by atoms with Crippen molar-refractivity contribution < 1.29 is 0 Å². The van der Waals surface area contributed by atoms with E-state index in [9.17, 15) is 9.59 Å². The molecule has 0 bridgehead atoms. The van der Waals surface area contributed by atoms with E-state index in [1.807, 2.05) is 31.3 Å². The van der Waals surface area contributed by atoms with Gasteiger partial charge in [-0.05, 0) is 25.1 Å². The van der Waals surface area contributed by atoms with Crippen molar-refractivity contribution in [3.63, 3.8) is 0 Å². The lowest BCUT2D eigenvalue weighted by atomic mass is 10.2. The Morgan fingerprint density at radius 2 is 1.90 bits per heavy atom. The quantitative estimate of drug-likeness (QED) is 0.518. The van der Waals surface area contributed by atoms with Crippen LogP contribution in [0.25, 0.3) is 16.9 Å². The van der Waals surface area contributed by atoms with Crippen LogP contribution in [0.3, 0.4) is 0 Å². The average Bonchev–Trinajstić information content (AvgIpc) is 3.26. The van der Waals surface area contributed by atoms with Gasteiger partial charge >= 0.3 is 5.69 Å². The molecule has 0 amide bonds. The van der Waals surface area contributed by atoms with Crippen LogP contribution >= 0.6 is 11.6 Å². The third kappa shape index (κ3) is 3.43. The second-order valence-corrected chi connectivity index (χ2v) is 8.44. The fourth-order valence-electron chi connectivity index (χ4n) is 4.34. The van der Waals surface area contributed by atoms with Crippen molar-refractivity contribution in [1.29, 1.82) is 0 Å². The number of nitrogens with one attached hydrogen (secondary N) is 1. The summed E-state index contributed by atoms with van der Waals surface area (Å²) in [6, 6.07) is 7.99. The lowest BCUT2D eigenvalue weighted by Gasteiger charge is -2.36. The number of aromatic nitrogens is 5. The van der Waals surface area contributed by atoms with Gasteiger partial charge in [0.05, 0.1) is 0 Å². The first-order chi connectivity index (χ1) is 14.9. The van der Waals surface area contributed by atoms with Crippen LogP contribution in [0, 0.1) is 6.92 Å². The number of rotatable bonds is 4. The lowest BCUT2D eigenvalue weighted by molar-refractivity contribution is 0.248. The van der Waals surface area contributed by atoms with Gasteiger partial charge in [-0.2, -0.15) is 4.98 Å². The minimum Gasteiger partial charge on any atom is -0.369 e. The molecule has 0 unspecified atom stereocenters. The fourth-order valence-corrected chi connectivity index (χ4v) is 4.52. The van der Waals surface area contributed by atoms with Crippen LogP contribution < -0.4 is 16.1 Å². The van der Waals surface area contributed by atoms with Crippen LogP contribution in [0.4, 0.5) is 5.69 Å². The number of anilines is 1. The fraction of sp³-hybridized carbons (Fsp3) is 0.381. The number of hydrogen-bond donors (Lipinski definition) is 1. The number of imidazole rings is 2. The van der Waals surface area contributed by atoms with Gasteiger partial charge in [-0.15, -0.1) is 0 Å². The molecule has 0 atom stereocenters. The zero-order valence-corrected chi connectivity index (χ0v) is 18.3. The first-order valence-corrected chi connectivity index (χ1v) is 10.7. The van der Waals surface area contributed by atoms with Gasteiger partial charge in [0.2, 0.25) is 5.78 Å². The van der Waals surface area contributed by atoms with Crippen LogP contribution in [0.15, 0.2) is 40.1 Å². The molecule has 1 saturated heterocycles. The molecule has 0 aliphatic carbocycles. The topological polar surface area (TPSA) is 83.6 Å². The smallest absolute Gasteiger partial charge is 0.329 e. The van der Waals surface area contributed by atoms with Gasteiger partial charge in [-0.25, -0.2) is 4.79 Å². The van der Waals surface area contributed by atoms with E-state index in [0.29, 0.717) is 16.9 Å². The molecule has 0 saturated carbocycles. The lowest BCUT2D eigenvalue weighted by Crippen LogP contribution is -2.47. The Morgan fingerprint density at radius 1 is 1.13 bits per heavy atom. The molecule has 10 heteroatoms. The second kappa shape index (κ2) is 7.58. The van der Waals surface area contributed by atoms with E-state index in [-0.39, 0.29) is 0 Å². The van der Waals surface area contributed by atoms with Crippen molar-refractivity contribution in [3.05, 3.63) is 62.0 Å². The van der Waals surface area contributed by atoms with Crippen LogP contribution in [-0.2, 0) is 13.6 Å². The normalized spacial score (nSPS) is 15.4. The van der Waals surface area contributed by atoms with E-state index in [1.54, 1.807) is 11.4 Å². The third-order valence-electron chi connectivity index (χ3n) is 6.10. The molecule has 1 fully saturated rings. The van der Waals surface area contributed by atoms with Crippen LogP contribution in [-0.4, -0.2) is 61.1 Å². The van der Waals surface area contributed by atoms with Gasteiger partial charge in [-0.1, -0.05) is 17.7 Å². The van der Waals surface area contributed by atoms with Crippen LogP contribution in [0.5, 0.6) is 0 Å². The maximum atomic E-state index is 12.4. The molecule has 4 heterocycles. The minimum atomic E-state index is -0.459. The van der Waals surface area contributed by atoms with Crippen molar-refractivity contribution >= 4 is 34.2 Å². The van der Waals surface area contributed by atoms with E-state index < -0.39 is 11.2 Å². The number of aromatic amines is 1. The Morgan fingerprint density at radius 3 is 2.65 bits per heavy atom. The number of nitrogens with zero attached hydrogens (tertiary/aromatic N) is 6. The number of halogens is 1. The first-order valence-electron chi connectivity index (χ1n) is 10.3. The Hall–Kier alpha value is -3.04. The largest absolute Gasteiger partial charge is 0.369 e. The number of benzene rings is 1. The first kappa shape index (κ1) is 19.9. The Kier molecular flexibility index (Phi) is 4.86. The summed E-state index contributed by atoms with van der Waals surface area (Å²) < 4.78 is 5.26. The monoisotopic (exact) mass is 441 g/mol. The molecule has 1 aliphatic heterocycles. The van der Waals surface area contributed by atoms with Crippen molar-refractivity contribution in [2.45, 2.75) is 13.5 Å². The molecule has 0 spiro atoms. The van der Waals surface area contributed by atoms with Crippen molar-refractivity contribution in [1.82, 2.24) is 28.4 Å². The Bertz CT molecular complexity index is 1390. The third-order valence-corrected chi connectivity index (χ3v) is 6.34. The number of hydrogen-bond acceptors (Lipinski definition) is 5. The molecule has 0 radical (unpaired) electrons. The number of piperazine rings is 1. The molecule has 3 aromatic heterocycles. The molecule has 1 aliphatic rings. The highest BCUT2D eigenvalue weighted by Crippen LogP contribution is 2.21. The summed E-state index contributed by atoms with van der Waals surface area (Å²) in [6.07, 6.45) is 1.90. The molecular formula is C21H24ClN7O2. The predicted molar refractivity (Wildman–Crippen MR) is 121 cm³/mol. The van der Waals surface area contributed by atoms with E-state index >= 15 is 0 Å². The summed E-state index contributed by atoms with van der Waals surface area (Å²) >= 11 is 6.13. The molecular weight excluding hydrogens is 418 g/mol. The van der Waals surface area contributed by atoms with Gasteiger partial charge < -0.3 is 9.47 Å². The zero-order valence-electron chi connectivity index (χ0n) is 17.5. The average molecular weight is 442 g/mol. The van der Waals surface area contributed by atoms with Crippen LogP contribution in [0.1, 0.15) is 5.69 Å². The number of aryl methyl sites for hydroxylation is 2. The maximum Gasteiger partial charge on any atom is 0.329 e. The van der Waals surface area contributed by atoms with E-state index in [2.05, 4.69) is 30.4 Å². The molecule has 1 N–H and O–H groups in total. The predicted octanol–water partition coefficient (Wildman–Crippen LogP) is 1.46. The zero-order chi connectivity index (χ0) is 21.7. The van der Waals surface area contributed by atoms with Gasteiger partial charge in [0.15, 0.2) is 11.2 Å².